The Kier molecular flexibility index (Phi) is 6.43. The highest BCUT2D eigenvalue weighted by Crippen LogP contribution is 2.25. The van der Waals surface area contributed by atoms with Gasteiger partial charge in [0.1, 0.15) is 6.33 Å². The molecule has 0 aliphatic heterocycles. The molecule has 7 heteroatoms. The summed E-state index contributed by atoms with van der Waals surface area (Å²) in [5.41, 5.74) is 3.29. The molecule has 3 aromatic carbocycles. The van der Waals surface area contributed by atoms with Gasteiger partial charge < -0.3 is 9.47 Å². The standard InChI is InChI=1S/C26H19F2N5/c1-2-19-6-10-21(11-7-19)15-32(24-5-3-4-23(27)26(24)28)17-25-31-30-18-33(25)16-22-12-8-20(14-29)9-13-22/h1,3-13,18H,15-17H2. The van der Waals surface area contributed by atoms with Crippen molar-refractivity contribution in [3.8, 4) is 18.4 Å². The van der Waals surface area contributed by atoms with Gasteiger partial charge in [0.2, 0.25) is 0 Å². The van der Waals surface area contributed by atoms with Crippen LogP contribution in [-0.4, -0.2) is 14.8 Å². The number of halogens is 2. The molecule has 0 saturated carbocycles. The van der Waals surface area contributed by atoms with Crippen LogP contribution in [0, 0.1) is 35.3 Å². The highest BCUT2D eigenvalue weighted by atomic mass is 19.2. The second-order valence-electron chi connectivity index (χ2n) is 7.45. The van der Waals surface area contributed by atoms with E-state index >= 15 is 0 Å². The van der Waals surface area contributed by atoms with Gasteiger partial charge in [0.25, 0.3) is 0 Å². The van der Waals surface area contributed by atoms with Gasteiger partial charge in [-0.1, -0.05) is 36.3 Å². The Morgan fingerprint density at radius 3 is 2.30 bits per heavy atom. The molecule has 4 rings (SSSR count). The average molecular weight is 439 g/mol. The van der Waals surface area contributed by atoms with Crippen LogP contribution >= 0.6 is 0 Å². The van der Waals surface area contributed by atoms with Gasteiger partial charge in [-0.15, -0.1) is 16.6 Å². The van der Waals surface area contributed by atoms with E-state index in [1.807, 2.05) is 41.0 Å². The van der Waals surface area contributed by atoms with Crippen LogP contribution in [0.2, 0.25) is 0 Å². The Hall–Kier alpha value is -4.49. The molecule has 0 amide bonds. The molecule has 0 spiro atoms. The average Bonchev–Trinajstić information content (AvgIpc) is 3.28. The molecule has 0 fully saturated rings. The first-order chi connectivity index (χ1) is 16.1. The number of rotatable bonds is 7. The van der Waals surface area contributed by atoms with Crippen LogP contribution in [0.3, 0.4) is 0 Å². The molecule has 0 atom stereocenters. The van der Waals surface area contributed by atoms with Gasteiger partial charge in [0.05, 0.1) is 30.4 Å². The number of hydrogen-bond acceptors (Lipinski definition) is 4. The summed E-state index contributed by atoms with van der Waals surface area (Å²) in [4.78, 5) is 1.71. The van der Waals surface area contributed by atoms with Gasteiger partial charge in [-0.25, -0.2) is 8.78 Å². The van der Waals surface area contributed by atoms with Gasteiger partial charge in [-0.2, -0.15) is 5.26 Å². The second-order valence-corrected chi connectivity index (χ2v) is 7.45. The van der Waals surface area contributed by atoms with Crippen LogP contribution in [-0.2, 0) is 19.6 Å². The lowest BCUT2D eigenvalue weighted by molar-refractivity contribution is 0.504. The van der Waals surface area contributed by atoms with Crippen LogP contribution in [0.1, 0.15) is 28.1 Å². The van der Waals surface area contributed by atoms with Gasteiger partial charge in [0, 0.05) is 12.1 Å². The number of aromatic nitrogens is 3. The van der Waals surface area contributed by atoms with Crippen molar-refractivity contribution in [3.63, 3.8) is 0 Å². The second kappa shape index (κ2) is 9.76. The van der Waals surface area contributed by atoms with Gasteiger partial charge in [0.15, 0.2) is 17.5 Å². The summed E-state index contributed by atoms with van der Waals surface area (Å²) in [7, 11) is 0. The number of nitriles is 1. The maximum Gasteiger partial charge on any atom is 0.182 e. The maximum absolute atomic E-state index is 14.7. The molecule has 0 aliphatic carbocycles. The molecule has 1 aromatic heterocycles. The van der Waals surface area contributed by atoms with Gasteiger partial charge >= 0.3 is 0 Å². The first-order valence-corrected chi connectivity index (χ1v) is 10.2. The van der Waals surface area contributed by atoms with Crippen molar-refractivity contribution < 1.29 is 8.78 Å². The zero-order valence-electron chi connectivity index (χ0n) is 17.6. The molecule has 162 valence electrons. The molecule has 0 bridgehead atoms. The molecular weight excluding hydrogens is 420 g/mol. The fourth-order valence-corrected chi connectivity index (χ4v) is 3.48. The van der Waals surface area contributed by atoms with Crippen LogP contribution < -0.4 is 4.90 Å². The lowest BCUT2D eigenvalue weighted by atomic mass is 10.1. The fourth-order valence-electron chi connectivity index (χ4n) is 3.48. The Labute approximate surface area is 190 Å². The third-order valence-corrected chi connectivity index (χ3v) is 5.23. The van der Waals surface area contributed by atoms with Crippen molar-refractivity contribution >= 4 is 5.69 Å². The highest BCUT2D eigenvalue weighted by molar-refractivity contribution is 5.49. The summed E-state index contributed by atoms with van der Waals surface area (Å²) in [5.74, 6) is 1.32. The molecular formula is C26H19F2N5. The Morgan fingerprint density at radius 2 is 1.61 bits per heavy atom. The predicted octanol–water partition coefficient (Wildman–Crippen LogP) is 4.66. The number of hydrogen-bond donors (Lipinski definition) is 0. The molecule has 0 radical (unpaired) electrons. The number of nitrogens with zero attached hydrogens (tertiary/aromatic N) is 5. The van der Waals surface area contributed by atoms with Crippen molar-refractivity contribution in [2.24, 2.45) is 0 Å². The van der Waals surface area contributed by atoms with E-state index in [4.69, 9.17) is 11.7 Å². The summed E-state index contributed by atoms with van der Waals surface area (Å²) >= 11 is 0. The van der Waals surface area contributed by atoms with Crippen LogP contribution in [0.4, 0.5) is 14.5 Å². The van der Waals surface area contributed by atoms with Crippen LogP contribution in [0.25, 0.3) is 0 Å². The molecule has 1 heterocycles. The molecule has 0 N–H and O–H groups in total. The maximum atomic E-state index is 14.7. The minimum Gasteiger partial charge on any atom is -0.357 e. The fraction of sp³-hybridized carbons (Fsp3) is 0.115. The lowest BCUT2D eigenvalue weighted by Gasteiger charge is -2.25. The minimum atomic E-state index is -0.920. The summed E-state index contributed by atoms with van der Waals surface area (Å²) in [6, 6.07) is 20.7. The summed E-state index contributed by atoms with van der Waals surface area (Å²) in [6.45, 7) is 0.993. The van der Waals surface area contributed by atoms with Crippen molar-refractivity contribution in [2.45, 2.75) is 19.6 Å². The lowest BCUT2D eigenvalue weighted by Crippen LogP contribution is -2.25. The smallest absolute Gasteiger partial charge is 0.182 e. The molecule has 5 nitrogen and oxygen atoms in total. The predicted molar refractivity (Wildman–Crippen MR) is 121 cm³/mol. The normalized spacial score (nSPS) is 10.4. The monoisotopic (exact) mass is 439 g/mol. The first-order valence-electron chi connectivity index (χ1n) is 10.2. The van der Waals surface area contributed by atoms with Crippen LogP contribution in [0.15, 0.2) is 73.1 Å². The third kappa shape index (κ3) is 5.06. The number of terminal acetylenes is 1. The number of anilines is 1. The quantitative estimate of drug-likeness (QED) is 0.393. The third-order valence-electron chi connectivity index (χ3n) is 5.23. The van der Waals surface area contributed by atoms with Crippen molar-refractivity contribution in [3.05, 3.63) is 113 Å². The molecule has 0 saturated heterocycles. The first kappa shape index (κ1) is 21.7. The topological polar surface area (TPSA) is 57.7 Å². The van der Waals surface area contributed by atoms with E-state index in [0.29, 0.717) is 24.5 Å². The summed E-state index contributed by atoms with van der Waals surface area (Å²) in [6.07, 6.45) is 7.02. The van der Waals surface area contributed by atoms with E-state index in [1.165, 1.54) is 12.1 Å². The van der Waals surface area contributed by atoms with Gasteiger partial charge in [-0.3, -0.25) is 0 Å². The van der Waals surface area contributed by atoms with Crippen LogP contribution in [0.5, 0.6) is 0 Å². The summed E-state index contributed by atoms with van der Waals surface area (Å²) < 4.78 is 30.6. The van der Waals surface area contributed by atoms with E-state index in [9.17, 15) is 8.78 Å². The van der Waals surface area contributed by atoms with Crippen molar-refractivity contribution in [2.75, 3.05) is 4.90 Å². The van der Waals surface area contributed by atoms with E-state index in [0.717, 1.165) is 22.8 Å². The molecule has 33 heavy (non-hydrogen) atoms. The summed E-state index contributed by atoms with van der Waals surface area (Å²) in [5, 5.41) is 17.2. The highest BCUT2D eigenvalue weighted by Gasteiger charge is 2.18. The van der Waals surface area contributed by atoms with E-state index in [1.54, 1.807) is 23.4 Å². The molecule has 0 unspecified atom stereocenters. The Bertz CT molecular complexity index is 1330. The van der Waals surface area contributed by atoms with E-state index in [-0.39, 0.29) is 12.2 Å². The zero-order chi connectivity index (χ0) is 23.2. The SMILES string of the molecule is C#Cc1ccc(CN(Cc2nncn2Cc2ccc(C#N)cc2)c2cccc(F)c2F)cc1. The largest absolute Gasteiger partial charge is 0.357 e. The Morgan fingerprint density at radius 1 is 0.909 bits per heavy atom. The van der Waals surface area contributed by atoms with Gasteiger partial charge in [-0.05, 0) is 47.5 Å². The van der Waals surface area contributed by atoms with E-state index in [2.05, 4.69) is 22.2 Å². The molecule has 0 aliphatic rings. The minimum absolute atomic E-state index is 0.129. The molecule has 4 aromatic rings. The van der Waals surface area contributed by atoms with Crippen molar-refractivity contribution in [1.29, 1.82) is 5.26 Å². The van der Waals surface area contributed by atoms with Crippen molar-refractivity contribution in [1.82, 2.24) is 14.8 Å². The Balaban J connectivity index is 1.63. The number of benzene rings is 3. The zero-order valence-corrected chi connectivity index (χ0v) is 17.6. The van der Waals surface area contributed by atoms with E-state index < -0.39 is 11.6 Å².